The van der Waals surface area contributed by atoms with Crippen LogP contribution in [0.1, 0.15) is 19.3 Å². The summed E-state index contributed by atoms with van der Waals surface area (Å²) in [7, 11) is 0. The lowest BCUT2D eigenvalue weighted by molar-refractivity contribution is 0.238. The SMILES string of the molecule is NC(=S)CC1(COc2cncc(Br)c2)CC1. The first-order valence-corrected chi connectivity index (χ1v) is 6.31. The lowest BCUT2D eigenvalue weighted by Crippen LogP contribution is -2.21. The number of halogens is 1. The van der Waals surface area contributed by atoms with Gasteiger partial charge in [0.15, 0.2) is 0 Å². The molecule has 0 spiro atoms. The quantitative estimate of drug-likeness (QED) is 0.850. The average Bonchev–Trinajstić information content (AvgIpc) is 2.95. The molecule has 0 aromatic carbocycles. The van der Waals surface area contributed by atoms with Gasteiger partial charge in [0.05, 0.1) is 17.8 Å². The molecule has 0 saturated heterocycles. The van der Waals surface area contributed by atoms with Crippen LogP contribution in [-0.4, -0.2) is 16.6 Å². The van der Waals surface area contributed by atoms with Crippen molar-refractivity contribution in [3.8, 4) is 5.75 Å². The highest BCUT2D eigenvalue weighted by molar-refractivity contribution is 9.10. The van der Waals surface area contributed by atoms with E-state index in [0.717, 1.165) is 29.5 Å². The average molecular weight is 301 g/mol. The number of rotatable bonds is 5. The van der Waals surface area contributed by atoms with Crippen LogP contribution >= 0.6 is 28.1 Å². The zero-order valence-corrected chi connectivity index (χ0v) is 11.2. The van der Waals surface area contributed by atoms with Crippen LogP contribution in [0.2, 0.25) is 0 Å². The maximum Gasteiger partial charge on any atom is 0.138 e. The van der Waals surface area contributed by atoms with E-state index in [1.54, 1.807) is 12.4 Å². The number of ether oxygens (including phenoxy) is 1. The molecule has 0 radical (unpaired) electrons. The van der Waals surface area contributed by atoms with Gasteiger partial charge in [-0.2, -0.15) is 0 Å². The topological polar surface area (TPSA) is 48.1 Å². The smallest absolute Gasteiger partial charge is 0.138 e. The summed E-state index contributed by atoms with van der Waals surface area (Å²) in [6, 6.07) is 1.91. The second kappa shape index (κ2) is 4.67. The molecule has 2 rings (SSSR count). The van der Waals surface area contributed by atoms with E-state index in [0.29, 0.717) is 11.6 Å². The summed E-state index contributed by atoms with van der Waals surface area (Å²) < 4.78 is 6.63. The molecule has 1 aliphatic rings. The molecule has 1 aliphatic carbocycles. The Bertz CT molecular complexity index is 407. The van der Waals surface area contributed by atoms with Crippen molar-refractivity contribution >= 4 is 33.1 Å². The third-order valence-corrected chi connectivity index (χ3v) is 3.31. The Morgan fingerprint density at radius 3 is 2.88 bits per heavy atom. The van der Waals surface area contributed by atoms with Crippen LogP contribution in [0.4, 0.5) is 0 Å². The predicted molar refractivity (Wildman–Crippen MR) is 70.5 cm³/mol. The zero-order valence-electron chi connectivity index (χ0n) is 8.78. The van der Waals surface area contributed by atoms with Crippen LogP contribution in [0.3, 0.4) is 0 Å². The summed E-state index contributed by atoms with van der Waals surface area (Å²) in [6.45, 7) is 0.669. The highest BCUT2D eigenvalue weighted by atomic mass is 79.9. The van der Waals surface area contributed by atoms with Crippen molar-refractivity contribution in [2.45, 2.75) is 19.3 Å². The van der Waals surface area contributed by atoms with Crippen LogP contribution in [-0.2, 0) is 0 Å². The summed E-state index contributed by atoms with van der Waals surface area (Å²) >= 11 is 8.29. The first-order valence-electron chi connectivity index (χ1n) is 5.11. The molecule has 1 saturated carbocycles. The Labute approximate surface area is 109 Å². The first-order chi connectivity index (χ1) is 7.60. The standard InChI is InChI=1S/C11H13BrN2OS/c12-8-3-9(6-14-5-8)15-7-11(1-2-11)4-10(13)16/h3,5-6H,1-2,4,7H2,(H2,13,16). The van der Waals surface area contributed by atoms with Crippen molar-refractivity contribution < 1.29 is 4.74 Å². The van der Waals surface area contributed by atoms with E-state index in [-0.39, 0.29) is 5.41 Å². The number of aromatic nitrogens is 1. The molecule has 86 valence electrons. The molecule has 5 heteroatoms. The maximum absolute atomic E-state index is 5.71. The minimum absolute atomic E-state index is 0.189. The molecule has 16 heavy (non-hydrogen) atoms. The van der Waals surface area contributed by atoms with Crippen molar-refractivity contribution in [2.24, 2.45) is 11.1 Å². The fourth-order valence-corrected chi connectivity index (χ4v) is 2.28. The van der Waals surface area contributed by atoms with E-state index in [9.17, 15) is 0 Å². The van der Waals surface area contributed by atoms with E-state index in [4.69, 9.17) is 22.7 Å². The van der Waals surface area contributed by atoms with Gasteiger partial charge in [0.25, 0.3) is 0 Å². The van der Waals surface area contributed by atoms with Gasteiger partial charge in [0.2, 0.25) is 0 Å². The summed E-state index contributed by atoms with van der Waals surface area (Å²) in [4.78, 5) is 4.62. The molecule has 1 aromatic heterocycles. The van der Waals surface area contributed by atoms with Crippen LogP contribution in [0.15, 0.2) is 22.9 Å². The van der Waals surface area contributed by atoms with Crippen molar-refractivity contribution in [2.75, 3.05) is 6.61 Å². The van der Waals surface area contributed by atoms with Crippen molar-refractivity contribution in [3.63, 3.8) is 0 Å². The van der Waals surface area contributed by atoms with Crippen LogP contribution < -0.4 is 10.5 Å². The molecular formula is C11H13BrN2OS. The number of thiocarbonyl (C=S) groups is 1. The molecule has 3 nitrogen and oxygen atoms in total. The number of hydrogen-bond acceptors (Lipinski definition) is 3. The highest BCUT2D eigenvalue weighted by Gasteiger charge is 2.43. The van der Waals surface area contributed by atoms with E-state index in [1.807, 2.05) is 6.07 Å². The minimum Gasteiger partial charge on any atom is -0.491 e. The van der Waals surface area contributed by atoms with Crippen molar-refractivity contribution in [1.29, 1.82) is 0 Å². The summed E-state index contributed by atoms with van der Waals surface area (Å²) in [6.07, 6.45) is 6.51. The molecule has 0 amide bonds. The molecule has 0 atom stereocenters. The Kier molecular flexibility index (Phi) is 3.44. The molecule has 1 heterocycles. The second-order valence-corrected chi connectivity index (χ2v) is 5.71. The predicted octanol–water partition coefficient (Wildman–Crippen LogP) is 2.68. The van der Waals surface area contributed by atoms with Crippen molar-refractivity contribution in [1.82, 2.24) is 4.98 Å². The third kappa shape index (κ3) is 3.15. The molecule has 2 N–H and O–H groups in total. The minimum atomic E-state index is 0.189. The van der Waals surface area contributed by atoms with E-state index >= 15 is 0 Å². The number of pyridine rings is 1. The third-order valence-electron chi connectivity index (χ3n) is 2.73. The normalized spacial score (nSPS) is 16.8. The Morgan fingerprint density at radius 2 is 2.31 bits per heavy atom. The Morgan fingerprint density at radius 1 is 1.56 bits per heavy atom. The lowest BCUT2D eigenvalue weighted by Gasteiger charge is -2.15. The fourth-order valence-electron chi connectivity index (χ4n) is 1.63. The van der Waals surface area contributed by atoms with Crippen LogP contribution in [0, 0.1) is 5.41 Å². The first kappa shape index (κ1) is 11.8. The summed E-state index contributed by atoms with van der Waals surface area (Å²) in [5, 5.41) is 0. The van der Waals surface area contributed by atoms with Crippen LogP contribution in [0.25, 0.3) is 0 Å². The van der Waals surface area contributed by atoms with Gasteiger partial charge in [-0.15, -0.1) is 0 Å². The summed E-state index contributed by atoms with van der Waals surface area (Å²) in [5.74, 6) is 0.781. The molecule has 1 aromatic rings. The van der Waals surface area contributed by atoms with Gasteiger partial charge in [-0.1, -0.05) is 12.2 Å². The van der Waals surface area contributed by atoms with Crippen molar-refractivity contribution in [3.05, 3.63) is 22.9 Å². The number of nitrogens with two attached hydrogens (primary N) is 1. The molecule has 0 unspecified atom stereocenters. The second-order valence-electron chi connectivity index (χ2n) is 4.27. The summed E-state index contributed by atoms with van der Waals surface area (Å²) in [5.41, 5.74) is 5.76. The Hall–Kier alpha value is -0.680. The van der Waals surface area contributed by atoms with Crippen LogP contribution in [0.5, 0.6) is 5.75 Å². The molecule has 0 bridgehead atoms. The molecular weight excluding hydrogens is 288 g/mol. The molecule has 0 aliphatic heterocycles. The molecule has 1 fully saturated rings. The highest BCUT2D eigenvalue weighted by Crippen LogP contribution is 2.49. The van der Waals surface area contributed by atoms with E-state index < -0.39 is 0 Å². The fraction of sp³-hybridized carbons (Fsp3) is 0.455. The van der Waals surface area contributed by atoms with E-state index in [1.165, 1.54) is 0 Å². The largest absolute Gasteiger partial charge is 0.491 e. The monoisotopic (exact) mass is 300 g/mol. The lowest BCUT2D eigenvalue weighted by atomic mass is 10.0. The van der Waals surface area contributed by atoms with Gasteiger partial charge in [-0.05, 0) is 34.8 Å². The van der Waals surface area contributed by atoms with Gasteiger partial charge in [-0.25, -0.2) is 0 Å². The maximum atomic E-state index is 5.71. The van der Waals surface area contributed by atoms with Gasteiger partial charge < -0.3 is 10.5 Å². The Balaban J connectivity index is 1.90. The number of hydrogen-bond donors (Lipinski definition) is 1. The number of nitrogens with zero attached hydrogens (tertiary/aromatic N) is 1. The van der Waals surface area contributed by atoms with Gasteiger partial charge in [0, 0.05) is 22.5 Å². The van der Waals surface area contributed by atoms with Gasteiger partial charge >= 0.3 is 0 Å². The van der Waals surface area contributed by atoms with Gasteiger partial charge in [-0.3, -0.25) is 4.98 Å². The zero-order chi connectivity index (χ0) is 11.6. The van der Waals surface area contributed by atoms with Gasteiger partial charge in [0.1, 0.15) is 5.75 Å². The van der Waals surface area contributed by atoms with E-state index in [2.05, 4.69) is 20.9 Å².